The molecular weight excluding hydrogens is 232 g/mol. The fourth-order valence-electron chi connectivity index (χ4n) is 1.45. The van der Waals surface area contributed by atoms with Gasteiger partial charge in [0.1, 0.15) is 5.82 Å². The number of hydrazine groups is 1. The second kappa shape index (κ2) is 5.65. The lowest BCUT2D eigenvalue weighted by Gasteiger charge is -2.04. The highest BCUT2D eigenvalue weighted by Gasteiger charge is 2.02. The number of thioether (sulfide) groups is 1. The number of benzene rings is 1. The fourth-order valence-corrected chi connectivity index (χ4v) is 2.11. The molecule has 1 aromatic carbocycles. The van der Waals surface area contributed by atoms with E-state index in [-0.39, 0.29) is 0 Å². The van der Waals surface area contributed by atoms with Crippen LogP contribution >= 0.6 is 11.8 Å². The largest absolute Gasteiger partial charge is 0.308 e. The van der Waals surface area contributed by atoms with Gasteiger partial charge in [-0.2, -0.15) is 0 Å². The van der Waals surface area contributed by atoms with E-state index in [2.05, 4.69) is 34.5 Å². The Bertz CT molecular complexity index is 484. The molecule has 0 saturated heterocycles. The molecule has 0 radical (unpaired) electrons. The van der Waals surface area contributed by atoms with Crippen molar-refractivity contribution in [2.45, 2.75) is 11.8 Å². The van der Waals surface area contributed by atoms with Gasteiger partial charge in [-0.05, 0) is 17.9 Å². The van der Waals surface area contributed by atoms with Gasteiger partial charge in [0.05, 0.1) is 0 Å². The predicted octanol–water partition coefficient (Wildman–Crippen LogP) is 2.54. The van der Waals surface area contributed by atoms with Crippen molar-refractivity contribution in [2.24, 2.45) is 5.84 Å². The molecule has 0 unspecified atom stereocenters. The van der Waals surface area contributed by atoms with E-state index >= 15 is 0 Å². The first kappa shape index (κ1) is 11.9. The zero-order valence-corrected chi connectivity index (χ0v) is 10.4. The fraction of sp³-hybridized carbons (Fsp3) is 0.167. The van der Waals surface area contributed by atoms with Gasteiger partial charge in [-0.15, -0.1) is 11.8 Å². The zero-order valence-electron chi connectivity index (χ0n) is 9.55. The van der Waals surface area contributed by atoms with E-state index in [0.717, 1.165) is 11.3 Å². The Morgan fingerprint density at radius 2 is 2.00 bits per heavy atom. The Balaban J connectivity index is 2.26. The van der Waals surface area contributed by atoms with Crippen LogP contribution in [0.5, 0.6) is 0 Å². The zero-order chi connectivity index (χ0) is 12.1. The summed E-state index contributed by atoms with van der Waals surface area (Å²) in [5, 5.41) is 0. The predicted molar refractivity (Wildman–Crippen MR) is 71.7 cm³/mol. The van der Waals surface area contributed by atoms with Crippen LogP contribution in [0.15, 0.2) is 41.4 Å². The maximum absolute atomic E-state index is 5.32. The monoisotopic (exact) mass is 246 g/mol. The summed E-state index contributed by atoms with van der Waals surface area (Å²) in [4.78, 5) is 9.76. The third-order valence-electron chi connectivity index (χ3n) is 2.23. The molecule has 0 amide bonds. The van der Waals surface area contributed by atoms with Crippen LogP contribution in [0.1, 0.15) is 6.92 Å². The minimum Gasteiger partial charge on any atom is -0.308 e. The number of anilines is 1. The summed E-state index contributed by atoms with van der Waals surface area (Å²) >= 11 is 1.81. The minimum atomic E-state index is 0.613. The number of hydrogen-bond acceptors (Lipinski definition) is 5. The van der Waals surface area contributed by atoms with E-state index in [0.29, 0.717) is 11.6 Å². The van der Waals surface area contributed by atoms with Crippen LogP contribution in [-0.2, 0) is 0 Å². The summed E-state index contributed by atoms with van der Waals surface area (Å²) in [6, 6.07) is 9.93. The van der Waals surface area contributed by atoms with Gasteiger partial charge < -0.3 is 5.43 Å². The van der Waals surface area contributed by atoms with Gasteiger partial charge in [0, 0.05) is 22.7 Å². The van der Waals surface area contributed by atoms with Crippen molar-refractivity contribution in [3.63, 3.8) is 0 Å². The SMILES string of the molecule is CCSc1ccc(-c2nccc(NN)n2)cc1. The van der Waals surface area contributed by atoms with Crippen molar-refractivity contribution in [1.29, 1.82) is 0 Å². The van der Waals surface area contributed by atoms with Crippen LogP contribution in [0, 0.1) is 0 Å². The standard InChI is InChI=1S/C12H14N4S/c1-2-17-10-5-3-9(4-6-10)12-14-8-7-11(15-12)16-13/h3-8H,2,13H2,1H3,(H,14,15,16). The van der Waals surface area contributed by atoms with Crippen molar-refractivity contribution in [3.05, 3.63) is 36.5 Å². The quantitative estimate of drug-likeness (QED) is 0.493. The Hall–Kier alpha value is -1.59. The summed E-state index contributed by atoms with van der Waals surface area (Å²) < 4.78 is 0. The highest BCUT2D eigenvalue weighted by atomic mass is 32.2. The van der Waals surface area contributed by atoms with Crippen molar-refractivity contribution in [2.75, 3.05) is 11.2 Å². The van der Waals surface area contributed by atoms with Crippen molar-refractivity contribution in [3.8, 4) is 11.4 Å². The molecule has 3 N–H and O–H groups in total. The molecule has 0 saturated carbocycles. The Labute approximate surface area is 105 Å². The number of nitrogens with two attached hydrogens (primary N) is 1. The number of nitrogen functional groups attached to an aromatic ring is 1. The van der Waals surface area contributed by atoms with E-state index < -0.39 is 0 Å². The number of aromatic nitrogens is 2. The molecule has 4 nitrogen and oxygen atoms in total. The van der Waals surface area contributed by atoms with Crippen LogP contribution in [-0.4, -0.2) is 15.7 Å². The molecule has 2 aromatic rings. The van der Waals surface area contributed by atoms with E-state index in [4.69, 9.17) is 5.84 Å². The second-order valence-corrected chi connectivity index (χ2v) is 4.70. The molecule has 0 fully saturated rings. The average Bonchev–Trinajstić information content (AvgIpc) is 2.40. The first-order chi connectivity index (χ1) is 8.33. The first-order valence-electron chi connectivity index (χ1n) is 5.36. The third kappa shape index (κ3) is 2.95. The molecular formula is C12H14N4S. The lowest BCUT2D eigenvalue weighted by Crippen LogP contribution is -2.09. The molecule has 5 heteroatoms. The summed E-state index contributed by atoms with van der Waals surface area (Å²) in [5.74, 6) is 7.68. The maximum atomic E-state index is 5.32. The van der Waals surface area contributed by atoms with Gasteiger partial charge in [0.2, 0.25) is 0 Å². The first-order valence-corrected chi connectivity index (χ1v) is 6.35. The molecule has 2 rings (SSSR count). The molecule has 0 aliphatic heterocycles. The van der Waals surface area contributed by atoms with E-state index in [1.54, 1.807) is 12.3 Å². The van der Waals surface area contributed by atoms with Gasteiger partial charge in [-0.25, -0.2) is 15.8 Å². The van der Waals surface area contributed by atoms with Gasteiger partial charge in [0.15, 0.2) is 5.82 Å². The molecule has 1 heterocycles. The van der Waals surface area contributed by atoms with Gasteiger partial charge in [0.25, 0.3) is 0 Å². The Morgan fingerprint density at radius 1 is 1.24 bits per heavy atom. The maximum Gasteiger partial charge on any atom is 0.161 e. The molecule has 0 bridgehead atoms. The minimum absolute atomic E-state index is 0.613. The topological polar surface area (TPSA) is 63.8 Å². The van der Waals surface area contributed by atoms with Gasteiger partial charge in [-0.3, -0.25) is 0 Å². The van der Waals surface area contributed by atoms with Gasteiger partial charge in [-0.1, -0.05) is 19.1 Å². The highest BCUT2D eigenvalue weighted by molar-refractivity contribution is 7.99. The summed E-state index contributed by atoms with van der Waals surface area (Å²) in [5.41, 5.74) is 3.50. The molecule has 17 heavy (non-hydrogen) atoms. The molecule has 0 aliphatic rings. The highest BCUT2D eigenvalue weighted by Crippen LogP contribution is 2.22. The van der Waals surface area contributed by atoms with E-state index in [1.165, 1.54) is 4.90 Å². The molecule has 0 spiro atoms. The third-order valence-corrected chi connectivity index (χ3v) is 3.12. The van der Waals surface area contributed by atoms with Crippen molar-refractivity contribution in [1.82, 2.24) is 9.97 Å². The number of hydrogen-bond donors (Lipinski definition) is 2. The van der Waals surface area contributed by atoms with Crippen LogP contribution in [0.3, 0.4) is 0 Å². The van der Waals surface area contributed by atoms with Crippen LogP contribution < -0.4 is 11.3 Å². The molecule has 0 atom stereocenters. The number of nitrogens with one attached hydrogen (secondary N) is 1. The summed E-state index contributed by atoms with van der Waals surface area (Å²) in [7, 11) is 0. The van der Waals surface area contributed by atoms with Crippen LogP contribution in [0.2, 0.25) is 0 Å². The van der Waals surface area contributed by atoms with E-state index in [9.17, 15) is 0 Å². The Kier molecular flexibility index (Phi) is 3.95. The smallest absolute Gasteiger partial charge is 0.161 e. The van der Waals surface area contributed by atoms with Crippen LogP contribution in [0.25, 0.3) is 11.4 Å². The van der Waals surface area contributed by atoms with Crippen molar-refractivity contribution < 1.29 is 0 Å². The van der Waals surface area contributed by atoms with Crippen molar-refractivity contribution >= 4 is 17.6 Å². The Morgan fingerprint density at radius 3 is 2.65 bits per heavy atom. The van der Waals surface area contributed by atoms with E-state index in [1.807, 2.05) is 23.9 Å². The summed E-state index contributed by atoms with van der Waals surface area (Å²) in [6.45, 7) is 2.14. The normalized spacial score (nSPS) is 10.2. The average molecular weight is 246 g/mol. The van der Waals surface area contributed by atoms with Crippen LogP contribution in [0.4, 0.5) is 5.82 Å². The van der Waals surface area contributed by atoms with Gasteiger partial charge >= 0.3 is 0 Å². The second-order valence-electron chi connectivity index (χ2n) is 3.37. The lowest BCUT2D eigenvalue weighted by atomic mass is 10.2. The number of rotatable bonds is 4. The molecule has 88 valence electrons. The lowest BCUT2D eigenvalue weighted by molar-refractivity contribution is 1.14. The molecule has 1 aromatic heterocycles. The molecule has 0 aliphatic carbocycles. The number of nitrogens with zero attached hydrogens (tertiary/aromatic N) is 2. The summed E-state index contributed by atoms with van der Waals surface area (Å²) in [6.07, 6.45) is 1.69.